The number of nitrogens with zero attached hydrogens (tertiary/aromatic N) is 3. The topological polar surface area (TPSA) is 71.8 Å². The van der Waals surface area contributed by atoms with E-state index in [1.807, 2.05) is 73.1 Å². The SMILES string of the molecule is Cc1cccc(NC(=O)[C@@H]2Sc3nnc(C)n3N[C@@H]2c2ccccc2)c1. The van der Waals surface area contributed by atoms with Crippen LogP contribution in [0.3, 0.4) is 0 Å². The fourth-order valence-electron chi connectivity index (χ4n) is 3.01. The average Bonchev–Trinajstić information content (AvgIpc) is 3.02. The number of carbonyl (C=O) groups is 1. The molecule has 1 aromatic heterocycles. The minimum atomic E-state index is -0.367. The van der Waals surface area contributed by atoms with E-state index in [4.69, 9.17) is 0 Å². The Labute approximate surface area is 156 Å². The van der Waals surface area contributed by atoms with Gasteiger partial charge in [-0.3, -0.25) is 4.79 Å². The lowest BCUT2D eigenvalue weighted by molar-refractivity contribution is -0.116. The second-order valence-corrected chi connectivity index (χ2v) is 7.39. The van der Waals surface area contributed by atoms with Crippen LogP contribution in [-0.4, -0.2) is 26.0 Å². The fourth-order valence-corrected chi connectivity index (χ4v) is 4.13. The summed E-state index contributed by atoms with van der Waals surface area (Å²) in [5, 5.41) is 11.6. The van der Waals surface area contributed by atoms with E-state index in [-0.39, 0.29) is 17.2 Å². The molecule has 2 aromatic carbocycles. The van der Waals surface area contributed by atoms with Crippen molar-refractivity contribution >= 4 is 23.4 Å². The number of anilines is 1. The van der Waals surface area contributed by atoms with Gasteiger partial charge in [-0.2, -0.15) is 0 Å². The molecule has 2 heterocycles. The number of fused-ring (bicyclic) bond motifs is 1. The number of aromatic nitrogens is 3. The Morgan fingerprint density at radius 3 is 2.69 bits per heavy atom. The van der Waals surface area contributed by atoms with Crippen LogP contribution in [0.4, 0.5) is 5.69 Å². The van der Waals surface area contributed by atoms with E-state index < -0.39 is 0 Å². The van der Waals surface area contributed by atoms with Crippen LogP contribution in [-0.2, 0) is 4.79 Å². The van der Waals surface area contributed by atoms with Crippen LogP contribution >= 0.6 is 11.8 Å². The highest BCUT2D eigenvalue weighted by molar-refractivity contribution is 8.00. The molecule has 2 atom stereocenters. The van der Waals surface area contributed by atoms with E-state index in [0.717, 1.165) is 22.6 Å². The van der Waals surface area contributed by atoms with E-state index >= 15 is 0 Å². The minimum absolute atomic E-state index is 0.0612. The third kappa shape index (κ3) is 3.17. The summed E-state index contributed by atoms with van der Waals surface area (Å²) < 4.78 is 1.85. The number of amides is 1. The molecule has 0 bridgehead atoms. The van der Waals surface area contributed by atoms with Crippen molar-refractivity contribution in [3.63, 3.8) is 0 Å². The first-order valence-corrected chi connectivity index (χ1v) is 9.27. The Kier molecular flexibility index (Phi) is 4.38. The normalized spacial score (nSPS) is 18.7. The predicted octanol–water partition coefficient (Wildman–Crippen LogP) is 3.29. The molecule has 1 aliphatic heterocycles. The van der Waals surface area contributed by atoms with E-state index in [9.17, 15) is 4.79 Å². The summed E-state index contributed by atoms with van der Waals surface area (Å²) >= 11 is 1.43. The molecule has 2 N–H and O–H groups in total. The highest BCUT2D eigenvalue weighted by atomic mass is 32.2. The highest BCUT2D eigenvalue weighted by Crippen LogP contribution is 2.37. The van der Waals surface area contributed by atoms with Gasteiger partial charge in [0.2, 0.25) is 11.1 Å². The molecule has 0 radical (unpaired) electrons. The van der Waals surface area contributed by atoms with Crippen LogP contribution in [0.5, 0.6) is 0 Å². The van der Waals surface area contributed by atoms with Gasteiger partial charge in [-0.15, -0.1) is 10.2 Å². The number of rotatable bonds is 3. The number of hydrogen-bond donors (Lipinski definition) is 2. The van der Waals surface area contributed by atoms with Crippen LogP contribution in [0.25, 0.3) is 0 Å². The molecular weight excluding hydrogens is 346 g/mol. The number of benzene rings is 2. The van der Waals surface area contributed by atoms with Gasteiger partial charge in [-0.1, -0.05) is 54.2 Å². The average molecular weight is 365 g/mol. The molecule has 1 aliphatic rings. The molecule has 0 fully saturated rings. The second kappa shape index (κ2) is 6.84. The summed E-state index contributed by atoms with van der Waals surface area (Å²) in [4.78, 5) is 13.0. The lowest BCUT2D eigenvalue weighted by Crippen LogP contribution is -2.41. The zero-order valence-corrected chi connectivity index (χ0v) is 15.3. The van der Waals surface area contributed by atoms with Gasteiger partial charge in [-0.25, -0.2) is 4.68 Å². The summed E-state index contributed by atoms with van der Waals surface area (Å²) in [6.45, 7) is 3.89. The summed E-state index contributed by atoms with van der Waals surface area (Å²) in [6.07, 6.45) is 0. The monoisotopic (exact) mass is 365 g/mol. The van der Waals surface area contributed by atoms with Crippen molar-refractivity contribution in [2.24, 2.45) is 0 Å². The van der Waals surface area contributed by atoms with Crippen molar-refractivity contribution in [2.75, 3.05) is 10.7 Å². The van der Waals surface area contributed by atoms with Crippen molar-refractivity contribution in [2.45, 2.75) is 30.3 Å². The van der Waals surface area contributed by atoms with Gasteiger partial charge in [-0.05, 0) is 37.1 Å². The molecule has 0 saturated carbocycles. The van der Waals surface area contributed by atoms with Crippen LogP contribution in [0, 0.1) is 13.8 Å². The third-order valence-corrected chi connectivity index (χ3v) is 5.52. The molecule has 1 amide bonds. The highest BCUT2D eigenvalue weighted by Gasteiger charge is 2.37. The van der Waals surface area contributed by atoms with Crippen molar-refractivity contribution in [3.05, 3.63) is 71.5 Å². The molecular formula is C19H19N5OS. The van der Waals surface area contributed by atoms with Gasteiger partial charge in [0.05, 0.1) is 6.04 Å². The third-order valence-electron chi connectivity index (χ3n) is 4.30. The standard InChI is InChI=1S/C19H19N5OS/c1-12-7-6-10-15(11-12)20-18(25)17-16(14-8-4-3-5-9-14)23-24-13(2)21-22-19(24)26-17/h3-11,16-17,23H,1-2H3,(H,20,25)/t16-,17-/m1/s1. The van der Waals surface area contributed by atoms with Gasteiger partial charge in [0.1, 0.15) is 11.1 Å². The molecule has 0 spiro atoms. The lowest BCUT2D eigenvalue weighted by atomic mass is 10.0. The van der Waals surface area contributed by atoms with Gasteiger partial charge in [0.25, 0.3) is 0 Å². The predicted molar refractivity (Wildman–Crippen MR) is 103 cm³/mol. The maximum atomic E-state index is 13.0. The molecule has 4 rings (SSSR count). The van der Waals surface area contributed by atoms with Gasteiger partial charge >= 0.3 is 0 Å². The smallest absolute Gasteiger partial charge is 0.240 e. The number of carbonyl (C=O) groups excluding carboxylic acids is 1. The van der Waals surface area contributed by atoms with Crippen LogP contribution in [0.2, 0.25) is 0 Å². The second-order valence-electron chi connectivity index (χ2n) is 6.28. The Balaban J connectivity index is 1.66. The molecule has 0 saturated heterocycles. The zero-order valence-electron chi connectivity index (χ0n) is 14.5. The van der Waals surface area contributed by atoms with Crippen LogP contribution in [0.1, 0.15) is 23.0 Å². The number of hydrogen-bond acceptors (Lipinski definition) is 5. The Bertz CT molecular complexity index is 940. The van der Waals surface area contributed by atoms with Crippen molar-refractivity contribution in [1.29, 1.82) is 0 Å². The van der Waals surface area contributed by atoms with Crippen molar-refractivity contribution in [1.82, 2.24) is 14.9 Å². The maximum Gasteiger partial charge on any atom is 0.240 e. The van der Waals surface area contributed by atoms with Gasteiger partial charge < -0.3 is 10.7 Å². The summed E-state index contributed by atoms with van der Waals surface area (Å²) in [5.41, 5.74) is 6.35. The molecule has 6 nitrogen and oxygen atoms in total. The Hall–Kier alpha value is -2.80. The lowest BCUT2D eigenvalue weighted by Gasteiger charge is -2.32. The summed E-state index contributed by atoms with van der Waals surface area (Å²) in [7, 11) is 0. The zero-order chi connectivity index (χ0) is 18.1. The number of aryl methyl sites for hydroxylation is 2. The molecule has 0 unspecified atom stereocenters. The number of thioether (sulfide) groups is 1. The van der Waals surface area contributed by atoms with Crippen molar-refractivity contribution in [3.8, 4) is 0 Å². The minimum Gasteiger partial charge on any atom is -0.325 e. The summed E-state index contributed by atoms with van der Waals surface area (Å²) in [5.74, 6) is 0.708. The summed E-state index contributed by atoms with van der Waals surface area (Å²) in [6, 6.07) is 17.6. The molecule has 3 aromatic rings. The van der Waals surface area contributed by atoms with E-state index in [0.29, 0.717) is 5.16 Å². The van der Waals surface area contributed by atoms with Gasteiger partial charge in [0, 0.05) is 5.69 Å². The first-order valence-electron chi connectivity index (χ1n) is 8.39. The van der Waals surface area contributed by atoms with Crippen LogP contribution in [0.15, 0.2) is 59.8 Å². The molecule has 0 aliphatic carbocycles. The molecule has 26 heavy (non-hydrogen) atoms. The van der Waals surface area contributed by atoms with E-state index in [1.54, 1.807) is 0 Å². The quantitative estimate of drug-likeness (QED) is 0.745. The Morgan fingerprint density at radius 1 is 1.12 bits per heavy atom. The maximum absolute atomic E-state index is 13.0. The molecule has 7 heteroatoms. The van der Waals surface area contributed by atoms with Crippen LogP contribution < -0.4 is 10.7 Å². The Morgan fingerprint density at radius 2 is 1.92 bits per heavy atom. The largest absolute Gasteiger partial charge is 0.325 e. The first-order chi connectivity index (χ1) is 12.6. The number of nitrogens with one attached hydrogen (secondary N) is 2. The van der Waals surface area contributed by atoms with E-state index in [1.165, 1.54) is 11.8 Å². The van der Waals surface area contributed by atoms with Crippen molar-refractivity contribution < 1.29 is 4.79 Å². The van der Waals surface area contributed by atoms with Gasteiger partial charge in [0.15, 0.2) is 0 Å². The van der Waals surface area contributed by atoms with E-state index in [2.05, 4.69) is 20.9 Å². The molecule has 132 valence electrons. The first kappa shape index (κ1) is 16.7. The fraction of sp³-hybridized carbons (Fsp3) is 0.211.